The number of hydrogen-bond acceptors (Lipinski definition) is 0. The Labute approximate surface area is 78.3 Å². The van der Waals surface area contributed by atoms with Crippen LogP contribution in [0, 0.1) is 0 Å². The summed E-state index contributed by atoms with van der Waals surface area (Å²) >= 11 is 0. The molecule has 0 amide bonds. The van der Waals surface area contributed by atoms with E-state index in [1.54, 1.807) is 0 Å². The molecule has 0 fully saturated rings. The smallest absolute Gasteiger partial charge is 0 e. The summed E-state index contributed by atoms with van der Waals surface area (Å²) in [4.78, 5) is 0. The summed E-state index contributed by atoms with van der Waals surface area (Å²) in [7, 11) is 0. The van der Waals surface area contributed by atoms with Crippen molar-refractivity contribution in [3.8, 4) is 0 Å². The molecule has 0 unspecified atom stereocenters. The second-order valence-corrected chi connectivity index (χ2v) is 0. The summed E-state index contributed by atoms with van der Waals surface area (Å²) in [5, 5.41) is 0. The van der Waals surface area contributed by atoms with Crippen LogP contribution in [0.5, 0.6) is 0 Å². The van der Waals surface area contributed by atoms with Crippen LogP contribution in [0.25, 0.3) is 0 Å². The molecule has 0 aromatic heterocycles. The van der Waals surface area contributed by atoms with E-state index in [-0.39, 0.29) is 79.4 Å². The second kappa shape index (κ2) is 17.7. The molecule has 0 atom stereocenters. The predicted octanol–water partition coefficient (Wildman–Crippen LogP) is -0.0100. The molecule has 0 bridgehead atoms. The summed E-state index contributed by atoms with van der Waals surface area (Å²) < 4.78 is 0. The number of hydrogen-bond donors (Lipinski definition) is 0. The third-order valence-electron chi connectivity index (χ3n) is 0. The van der Waals surface area contributed by atoms with E-state index < -0.39 is 0 Å². The van der Waals surface area contributed by atoms with Gasteiger partial charge in [0, 0.05) is 79.4 Å². The molecular weight excluding hydrogens is 634 g/mol. The quantitative estimate of drug-likeness (QED) is 0.330. The molecule has 4 heteroatoms. The van der Waals surface area contributed by atoms with Crippen molar-refractivity contribution in [3.63, 3.8) is 0 Å². The molecular formula is AuIrNiRe. The molecule has 4 heavy (non-hydrogen) atoms. The molecule has 3 radical (unpaired) electrons. The predicted molar refractivity (Wildman–Crippen MR) is 0 cm³/mol. The second-order valence-electron chi connectivity index (χ2n) is 0. The van der Waals surface area contributed by atoms with Crippen LogP contribution in [-0.4, -0.2) is 0 Å². The van der Waals surface area contributed by atoms with Gasteiger partial charge in [0.25, 0.3) is 0 Å². The Kier molecular flexibility index (Phi) is 137. The van der Waals surface area contributed by atoms with Gasteiger partial charge in [-0.05, 0) is 0 Å². The van der Waals surface area contributed by atoms with Gasteiger partial charge < -0.3 is 0 Å². The first kappa shape index (κ1) is 31.1. The van der Waals surface area contributed by atoms with E-state index in [1.165, 1.54) is 0 Å². The van der Waals surface area contributed by atoms with Crippen LogP contribution in [0.2, 0.25) is 0 Å². The van der Waals surface area contributed by atoms with Gasteiger partial charge in [-0.2, -0.15) is 0 Å². The van der Waals surface area contributed by atoms with Crippen LogP contribution in [0.3, 0.4) is 0 Å². The van der Waals surface area contributed by atoms with Crippen LogP contribution in [-0.2, 0) is 79.4 Å². The Hall–Kier alpha value is 2.55. The Morgan fingerprint density at radius 2 is 1.00 bits per heavy atom. The molecule has 37 valence electrons. The van der Waals surface area contributed by atoms with Gasteiger partial charge in [0.15, 0.2) is 0 Å². The van der Waals surface area contributed by atoms with E-state index in [0.717, 1.165) is 0 Å². The van der Waals surface area contributed by atoms with Crippen molar-refractivity contribution in [1.82, 2.24) is 0 Å². The van der Waals surface area contributed by atoms with Gasteiger partial charge in [-0.25, -0.2) is 0 Å². The summed E-state index contributed by atoms with van der Waals surface area (Å²) in [5.74, 6) is 0. The van der Waals surface area contributed by atoms with Gasteiger partial charge in [-0.1, -0.05) is 0 Å². The minimum atomic E-state index is 0. The fraction of sp³-hybridized carbons (Fsp3) is 0. The molecule has 0 aliphatic heterocycles. The van der Waals surface area contributed by atoms with Crippen LogP contribution >= 0.6 is 0 Å². The molecule has 0 N–H and O–H groups in total. The van der Waals surface area contributed by atoms with Gasteiger partial charge >= 0.3 is 0 Å². The minimum absolute atomic E-state index is 0. The summed E-state index contributed by atoms with van der Waals surface area (Å²) in [6.45, 7) is 0. The average molecular weight is 634 g/mol. The van der Waals surface area contributed by atoms with Crippen molar-refractivity contribution in [2.24, 2.45) is 0 Å². The van der Waals surface area contributed by atoms with E-state index in [2.05, 4.69) is 0 Å². The normalized spacial score (nSPS) is 0. The van der Waals surface area contributed by atoms with E-state index in [4.69, 9.17) is 0 Å². The van der Waals surface area contributed by atoms with Crippen molar-refractivity contribution in [3.05, 3.63) is 0 Å². The third-order valence-corrected chi connectivity index (χ3v) is 0. The van der Waals surface area contributed by atoms with Crippen molar-refractivity contribution in [1.29, 1.82) is 0 Å². The molecule has 0 spiro atoms. The van der Waals surface area contributed by atoms with Crippen molar-refractivity contribution in [2.75, 3.05) is 0 Å². The van der Waals surface area contributed by atoms with Crippen molar-refractivity contribution >= 4 is 0 Å². The first-order chi connectivity index (χ1) is 0. The van der Waals surface area contributed by atoms with Crippen molar-refractivity contribution in [2.45, 2.75) is 0 Å². The monoisotopic (exact) mass is 635 g/mol. The Morgan fingerprint density at radius 3 is 1.00 bits per heavy atom. The zero-order chi connectivity index (χ0) is 0. The maximum absolute atomic E-state index is 0. The summed E-state index contributed by atoms with van der Waals surface area (Å²) in [5.41, 5.74) is 0. The topological polar surface area (TPSA) is 0 Å². The van der Waals surface area contributed by atoms with Crippen LogP contribution in [0.4, 0.5) is 0 Å². The van der Waals surface area contributed by atoms with E-state index in [9.17, 15) is 0 Å². The minimum Gasteiger partial charge on any atom is 0 e. The summed E-state index contributed by atoms with van der Waals surface area (Å²) in [6, 6.07) is 0. The maximum Gasteiger partial charge on any atom is 0 e. The maximum atomic E-state index is 0. The fourth-order valence-electron chi connectivity index (χ4n) is 0. The third kappa shape index (κ3) is 8.82. The Bertz CT molecular complexity index is 8.00. The molecule has 0 nitrogen and oxygen atoms in total. The summed E-state index contributed by atoms with van der Waals surface area (Å²) in [6.07, 6.45) is 0. The number of rotatable bonds is 0. The Balaban J connectivity index is 0. The van der Waals surface area contributed by atoms with Crippen LogP contribution < -0.4 is 0 Å². The van der Waals surface area contributed by atoms with Gasteiger partial charge in [0.2, 0.25) is 0 Å². The molecule has 0 aliphatic carbocycles. The zero-order valence-electron chi connectivity index (χ0n) is 1.33. The zero-order valence-corrected chi connectivity index (χ0v) is 9.59. The molecule has 0 saturated heterocycles. The first-order valence-electron chi connectivity index (χ1n) is 0. The molecule has 0 aromatic carbocycles. The van der Waals surface area contributed by atoms with Gasteiger partial charge in [-0.3, -0.25) is 0 Å². The van der Waals surface area contributed by atoms with Crippen LogP contribution in [0.15, 0.2) is 0 Å². The molecule has 0 saturated carbocycles. The molecule has 0 aromatic rings. The molecule has 0 rings (SSSR count). The van der Waals surface area contributed by atoms with Gasteiger partial charge in [0.05, 0.1) is 0 Å². The van der Waals surface area contributed by atoms with Gasteiger partial charge in [0.1, 0.15) is 0 Å². The van der Waals surface area contributed by atoms with Crippen molar-refractivity contribution < 1.29 is 79.4 Å². The van der Waals surface area contributed by atoms with E-state index >= 15 is 0 Å². The van der Waals surface area contributed by atoms with Crippen LogP contribution in [0.1, 0.15) is 0 Å². The standard InChI is InChI=1S/Au.Ir.Ni.Re. The van der Waals surface area contributed by atoms with Gasteiger partial charge in [-0.15, -0.1) is 0 Å². The van der Waals surface area contributed by atoms with E-state index in [0.29, 0.717) is 0 Å². The average Bonchev–Trinajstić information content (AvgIpc) is 0. The molecule has 0 aliphatic rings. The Morgan fingerprint density at radius 1 is 1.00 bits per heavy atom. The largest absolute Gasteiger partial charge is 0 e. The SMILES string of the molecule is [Au].[Ir].[Ni].[Re]. The fourth-order valence-corrected chi connectivity index (χ4v) is 0. The molecule has 0 heterocycles. The first-order valence-corrected chi connectivity index (χ1v) is 0. The van der Waals surface area contributed by atoms with E-state index in [1.807, 2.05) is 0 Å².